The first-order valence-corrected chi connectivity index (χ1v) is 9.23. The topological polar surface area (TPSA) is 64.4 Å². The van der Waals surface area contributed by atoms with Crippen molar-refractivity contribution in [1.29, 1.82) is 0 Å². The molecule has 0 aliphatic carbocycles. The van der Waals surface area contributed by atoms with Crippen LogP contribution in [0, 0.1) is 18.6 Å². The third-order valence-electron chi connectivity index (χ3n) is 3.64. The number of anilines is 1. The van der Waals surface area contributed by atoms with Gasteiger partial charge in [0.15, 0.2) is 5.69 Å². The van der Waals surface area contributed by atoms with Crippen LogP contribution >= 0.6 is 31.9 Å². The maximum atomic E-state index is 13.4. The van der Waals surface area contributed by atoms with Crippen LogP contribution in [-0.4, -0.2) is 11.1 Å². The molecule has 3 rings (SSSR count). The van der Waals surface area contributed by atoms with Crippen molar-refractivity contribution in [2.45, 2.75) is 13.5 Å². The van der Waals surface area contributed by atoms with Crippen LogP contribution in [0.1, 0.15) is 21.8 Å². The molecule has 1 heterocycles. The molecular weight excluding hydrogens is 490 g/mol. The summed E-state index contributed by atoms with van der Waals surface area (Å²) in [5.41, 5.74) is 0.844. The van der Waals surface area contributed by atoms with Gasteiger partial charge in [-0.3, -0.25) is 4.79 Å². The number of halogens is 4. The van der Waals surface area contributed by atoms with Gasteiger partial charge in [-0.15, -0.1) is 0 Å². The minimum Gasteiger partial charge on any atom is -0.489 e. The number of hydrogen-bond acceptors (Lipinski definition) is 4. The lowest BCUT2D eigenvalue weighted by molar-refractivity contribution is 0.101. The molecule has 0 saturated carbocycles. The SMILES string of the molecule is Cc1onc(C(=O)Nc2c(Br)cc(F)cc2Br)c1COc1ccc(F)cc1. The number of aromatic nitrogens is 1. The number of hydrogen-bond donors (Lipinski definition) is 1. The van der Waals surface area contributed by atoms with Gasteiger partial charge in [0.25, 0.3) is 5.91 Å². The molecule has 1 N–H and O–H groups in total. The van der Waals surface area contributed by atoms with Gasteiger partial charge in [0.05, 0.1) is 11.3 Å². The Morgan fingerprint density at radius 2 is 1.78 bits per heavy atom. The largest absolute Gasteiger partial charge is 0.489 e. The van der Waals surface area contributed by atoms with Crippen LogP contribution in [-0.2, 0) is 6.61 Å². The van der Waals surface area contributed by atoms with Crippen molar-refractivity contribution >= 4 is 43.5 Å². The van der Waals surface area contributed by atoms with E-state index in [2.05, 4.69) is 42.3 Å². The zero-order chi connectivity index (χ0) is 19.6. The predicted octanol–water partition coefficient (Wildman–Crippen LogP) is 5.62. The van der Waals surface area contributed by atoms with Crippen LogP contribution in [0.2, 0.25) is 0 Å². The Kier molecular flexibility index (Phi) is 5.91. The van der Waals surface area contributed by atoms with E-state index in [1.807, 2.05) is 0 Å². The highest BCUT2D eigenvalue weighted by molar-refractivity contribution is 9.11. The Hall–Kier alpha value is -2.26. The van der Waals surface area contributed by atoms with Gasteiger partial charge in [-0.05, 0) is 75.2 Å². The maximum absolute atomic E-state index is 13.4. The van der Waals surface area contributed by atoms with E-state index in [9.17, 15) is 13.6 Å². The lowest BCUT2D eigenvalue weighted by Crippen LogP contribution is -2.16. The molecule has 0 atom stereocenters. The molecule has 5 nitrogen and oxygen atoms in total. The third kappa shape index (κ3) is 4.54. The highest BCUT2D eigenvalue weighted by Crippen LogP contribution is 2.32. The minimum atomic E-state index is -0.544. The van der Waals surface area contributed by atoms with E-state index in [1.165, 1.54) is 36.4 Å². The number of benzene rings is 2. The molecule has 0 unspecified atom stereocenters. The zero-order valence-electron chi connectivity index (χ0n) is 13.9. The average Bonchev–Trinajstić information content (AvgIpc) is 2.98. The van der Waals surface area contributed by atoms with Gasteiger partial charge in [0.1, 0.15) is 29.8 Å². The van der Waals surface area contributed by atoms with Gasteiger partial charge in [0.2, 0.25) is 0 Å². The van der Waals surface area contributed by atoms with Crippen molar-refractivity contribution in [1.82, 2.24) is 5.16 Å². The molecule has 0 fully saturated rings. The minimum absolute atomic E-state index is 0.00940. The molecule has 0 saturated heterocycles. The van der Waals surface area contributed by atoms with E-state index < -0.39 is 11.7 Å². The second-order valence-corrected chi connectivity index (χ2v) is 7.22. The van der Waals surface area contributed by atoms with Crippen LogP contribution in [0.25, 0.3) is 0 Å². The van der Waals surface area contributed by atoms with Crippen molar-refractivity contribution in [2.75, 3.05) is 5.32 Å². The summed E-state index contributed by atoms with van der Waals surface area (Å²) in [6.45, 7) is 1.66. The van der Waals surface area contributed by atoms with Gasteiger partial charge in [-0.1, -0.05) is 5.16 Å². The number of aryl methyl sites for hydroxylation is 1. The monoisotopic (exact) mass is 500 g/mol. The Balaban J connectivity index is 1.79. The zero-order valence-corrected chi connectivity index (χ0v) is 17.0. The molecule has 0 radical (unpaired) electrons. The quantitative estimate of drug-likeness (QED) is 0.493. The van der Waals surface area contributed by atoms with Gasteiger partial charge in [-0.25, -0.2) is 8.78 Å². The summed E-state index contributed by atoms with van der Waals surface area (Å²) >= 11 is 6.41. The molecule has 0 spiro atoms. The van der Waals surface area contributed by atoms with Gasteiger partial charge in [0, 0.05) is 8.95 Å². The standard InChI is InChI=1S/C18H12Br2F2N2O3/c1-9-13(8-26-12-4-2-10(21)3-5-12)16(24-27-9)18(25)23-17-14(19)6-11(22)7-15(17)20/h2-7H,8H2,1H3,(H,23,25). The highest BCUT2D eigenvalue weighted by atomic mass is 79.9. The van der Waals surface area contributed by atoms with E-state index in [4.69, 9.17) is 9.26 Å². The summed E-state index contributed by atoms with van der Waals surface area (Å²) in [4.78, 5) is 12.6. The average molecular weight is 502 g/mol. The summed E-state index contributed by atoms with van der Waals surface area (Å²) in [6.07, 6.45) is 0. The number of ether oxygens (including phenoxy) is 1. The number of nitrogens with zero attached hydrogens (tertiary/aromatic N) is 1. The number of amides is 1. The van der Waals surface area contributed by atoms with Gasteiger partial charge in [-0.2, -0.15) is 0 Å². The Labute approximate surface area is 169 Å². The lowest BCUT2D eigenvalue weighted by Gasteiger charge is -2.10. The smallest absolute Gasteiger partial charge is 0.278 e. The fourth-order valence-electron chi connectivity index (χ4n) is 2.26. The van der Waals surface area contributed by atoms with E-state index in [0.717, 1.165) is 0 Å². The molecule has 1 aromatic heterocycles. The molecule has 3 aromatic rings. The summed E-state index contributed by atoms with van der Waals surface area (Å²) in [5, 5.41) is 6.44. The van der Waals surface area contributed by atoms with Crippen molar-refractivity contribution in [2.24, 2.45) is 0 Å². The van der Waals surface area contributed by atoms with Crippen molar-refractivity contribution in [3.05, 3.63) is 74.0 Å². The van der Waals surface area contributed by atoms with Crippen molar-refractivity contribution in [3.63, 3.8) is 0 Å². The maximum Gasteiger partial charge on any atom is 0.278 e. The van der Waals surface area contributed by atoms with Gasteiger partial charge < -0.3 is 14.6 Å². The number of carbonyl (C=O) groups is 1. The molecule has 0 aliphatic rings. The van der Waals surface area contributed by atoms with Crippen molar-refractivity contribution in [3.8, 4) is 5.75 Å². The molecule has 140 valence electrons. The first-order valence-electron chi connectivity index (χ1n) is 7.64. The van der Waals surface area contributed by atoms with Crippen LogP contribution in [0.15, 0.2) is 49.9 Å². The molecule has 1 amide bonds. The first kappa shape index (κ1) is 19.5. The molecule has 0 bridgehead atoms. The summed E-state index contributed by atoms with van der Waals surface area (Å²) < 4.78 is 37.8. The van der Waals surface area contributed by atoms with Crippen LogP contribution in [0.3, 0.4) is 0 Å². The normalized spacial score (nSPS) is 10.7. The van der Waals surface area contributed by atoms with E-state index >= 15 is 0 Å². The Morgan fingerprint density at radius 3 is 2.41 bits per heavy atom. The molecule has 2 aromatic carbocycles. The van der Waals surface area contributed by atoms with Crippen LogP contribution in [0.4, 0.5) is 14.5 Å². The van der Waals surface area contributed by atoms with Crippen molar-refractivity contribution < 1.29 is 22.8 Å². The number of nitrogens with one attached hydrogen (secondary N) is 1. The second kappa shape index (κ2) is 8.18. The van der Waals surface area contributed by atoms with E-state index in [1.54, 1.807) is 6.92 Å². The number of rotatable bonds is 5. The second-order valence-electron chi connectivity index (χ2n) is 5.51. The molecule has 9 heteroatoms. The van der Waals surface area contributed by atoms with E-state index in [-0.39, 0.29) is 18.1 Å². The Bertz CT molecular complexity index is 968. The van der Waals surface area contributed by atoms with Crippen LogP contribution < -0.4 is 10.1 Å². The molecular formula is C18H12Br2F2N2O3. The highest BCUT2D eigenvalue weighted by Gasteiger charge is 2.22. The summed E-state index contributed by atoms with van der Waals surface area (Å²) in [7, 11) is 0. The van der Waals surface area contributed by atoms with E-state index in [0.29, 0.717) is 31.7 Å². The van der Waals surface area contributed by atoms with Gasteiger partial charge >= 0.3 is 0 Å². The fraction of sp³-hybridized carbons (Fsp3) is 0.111. The summed E-state index contributed by atoms with van der Waals surface area (Å²) in [5.74, 6) is -0.527. The first-order chi connectivity index (χ1) is 12.8. The fourth-order valence-corrected chi connectivity index (χ4v) is 3.59. The van der Waals surface area contributed by atoms with Crippen LogP contribution in [0.5, 0.6) is 5.75 Å². The lowest BCUT2D eigenvalue weighted by atomic mass is 10.2. The molecule has 27 heavy (non-hydrogen) atoms. The third-order valence-corrected chi connectivity index (χ3v) is 4.89. The molecule has 0 aliphatic heterocycles. The Morgan fingerprint density at radius 1 is 1.15 bits per heavy atom. The predicted molar refractivity (Wildman–Crippen MR) is 102 cm³/mol. The number of carbonyl (C=O) groups excluding carboxylic acids is 1. The summed E-state index contributed by atoms with van der Waals surface area (Å²) in [6, 6.07) is 7.95.